The van der Waals surface area contributed by atoms with Crippen molar-refractivity contribution in [3.05, 3.63) is 51.0 Å². The van der Waals surface area contributed by atoms with Crippen molar-refractivity contribution in [2.24, 2.45) is 0 Å². The average Bonchev–Trinajstić information content (AvgIpc) is 2.85. The van der Waals surface area contributed by atoms with Crippen LogP contribution in [0, 0.1) is 36.0 Å². The van der Waals surface area contributed by atoms with E-state index in [4.69, 9.17) is 0 Å². The predicted octanol–water partition coefficient (Wildman–Crippen LogP) is 4.93. The van der Waals surface area contributed by atoms with Gasteiger partial charge < -0.3 is 5.32 Å². The maximum Gasteiger partial charge on any atom is 0.200 e. The van der Waals surface area contributed by atoms with Gasteiger partial charge in [0.15, 0.2) is 23.3 Å². The number of anilines is 1. The van der Waals surface area contributed by atoms with E-state index in [0.717, 1.165) is 9.75 Å². The molecule has 1 aromatic heterocycles. The summed E-state index contributed by atoms with van der Waals surface area (Å²) in [6.07, 6.45) is 0. The van der Waals surface area contributed by atoms with Crippen molar-refractivity contribution < 1.29 is 22.0 Å². The third-order valence-electron chi connectivity index (χ3n) is 2.76. The van der Waals surface area contributed by atoms with Crippen molar-refractivity contribution in [3.63, 3.8) is 0 Å². The largest absolute Gasteiger partial charge is 0.373 e. The van der Waals surface area contributed by atoms with E-state index in [-0.39, 0.29) is 0 Å². The summed E-state index contributed by atoms with van der Waals surface area (Å²) in [7, 11) is 0. The number of rotatable bonds is 3. The summed E-state index contributed by atoms with van der Waals surface area (Å²) in [6.45, 7) is 3.42. The van der Waals surface area contributed by atoms with Crippen LogP contribution in [-0.2, 0) is 0 Å². The van der Waals surface area contributed by atoms with Gasteiger partial charge in [-0.15, -0.1) is 11.3 Å². The number of hydrogen-bond donors (Lipinski definition) is 1. The Hall–Kier alpha value is -1.63. The number of halogens is 5. The van der Waals surface area contributed by atoms with Crippen LogP contribution in [-0.4, -0.2) is 0 Å². The van der Waals surface area contributed by atoms with Gasteiger partial charge in [-0.1, -0.05) is 0 Å². The fourth-order valence-electron chi connectivity index (χ4n) is 1.71. The van der Waals surface area contributed by atoms with Crippen LogP contribution in [0.2, 0.25) is 0 Å². The molecule has 2 rings (SSSR count). The first-order valence-electron chi connectivity index (χ1n) is 5.67. The summed E-state index contributed by atoms with van der Waals surface area (Å²) in [4.78, 5) is 1.71. The zero-order valence-electron chi connectivity index (χ0n) is 10.5. The van der Waals surface area contributed by atoms with Gasteiger partial charge in [0.1, 0.15) is 5.69 Å². The van der Waals surface area contributed by atoms with Gasteiger partial charge in [-0.05, 0) is 26.0 Å². The Labute approximate surface area is 116 Å². The molecule has 0 saturated carbocycles. The monoisotopic (exact) mass is 307 g/mol. The van der Waals surface area contributed by atoms with Crippen LogP contribution in [0.1, 0.15) is 22.7 Å². The zero-order chi connectivity index (χ0) is 15.0. The molecule has 0 bridgehead atoms. The van der Waals surface area contributed by atoms with E-state index in [1.807, 2.05) is 6.92 Å². The lowest BCUT2D eigenvalue weighted by Gasteiger charge is -2.16. The molecule has 0 fully saturated rings. The lowest BCUT2D eigenvalue weighted by atomic mass is 10.2. The Bertz CT molecular complexity index is 623. The normalized spacial score (nSPS) is 12.6. The minimum atomic E-state index is -2.16. The van der Waals surface area contributed by atoms with Crippen molar-refractivity contribution in [3.8, 4) is 0 Å². The molecule has 0 saturated heterocycles. The Balaban J connectivity index is 2.39. The number of thiophene rings is 1. The standard InChI is InChI=1S/C13H10F5NS/c1-5-3-4-7(20-5)6(2)19-13-11(17)9(15)8(14)10(16)12(13)18/h3-4,6,19H,1-2H3. The molecule has 0 radical (unpaired) electrons. The maximum atomic E-state index is 13.5. The maximum absolute atomic E-state index is 13.5. The van der Waals surface area contributed by atoms with E-state index < -0.39 is 40.8 Å². The number of aryl methyl sites for hydroxylation is 1. The van der Waals surface area contributed by atoms with E-state index in [9.17, 15) is 22.0 Å². The third kappa shape index (κ3) is 2.49. The predicted molar refractivity (Wildman–Crippen MR) is 67.3 cm³/mol. The van der Waals surface area contributed by atoms with E-state index in [0.29, 0.717) is 0 Å². The van der Waals surface area contributed by atoms with Crippen LogP contribution < -0.4 is 5.32 Å². The van der Waals surface area contributed by atoms with Crippen molar-refractivity contribution in [2.45, 2.75) is 19.9 Å². The highest BCUT2D eigenvalue weighted by Crippen LogP contribution is 2.31. The molecule has 108 valence electrons. The van der Waals surface area contributed by atoms with Crippen LogP contribution >= 0.6 is 11.3 Å². The smallest absolute Gasteiger partial charge is 0.200 e. The molecule has 7 heteroatoms. The summed E-state index contributed by atoms with van der Waals surface area (Å²) < 4.78 is 66.0. The fraction of sp³-hybridized carbons (Fsp3) is 0.231. The van der Waals surface area contributed by atoms with Crippen molar-refractivity contribution in [2.75, 3.05) is 5.32 Å². The Morgan fingerprint density at radius 3 is 1.85 bits per heavy atom. The van der Waals surface area contributed by atoms with E-state index in [1.54, 1.807) is 19.1 Å². The molecule has 0 amide bonds. The van der Waals surface area contributed by atoms with Gasteiger partial charge in [-0.3, -0.25) is 0 Å². The quantitative estimate of drug-likeness (QED) is 0.482. The Morgan fingerprint density at radius 1 is 0.900 bits per heavy atom. The minimum absolute atomic E-state index is 0.582. The SMILES string of the molecule is Cc1ccc(C(C)Nc2c(F)c(F)c(F)c(F)c2F)s1. The van der Waals surface area contributed by atoms with Gasteiger partial charge in [-0.25, -0.2) is 22.0 Å². The highest BCUT2D eigenvalue weighted by Gasteiger charge is 2.26. The Morgan fingerprint density at radius 2 is 1.40 bits per heavy atom. The van der Waals surface area contributed by atoms with Gasteiger partial charge in [0.05, 0.1) is 6.04 Å². The number of benzene rings is 1. The lowest BCUT2D eigenvalue weighted by molar-refractivity contribution is 0.381. The molecule has 1 N–H and O–H groups in total. The Kier molecular flexibility index (Phi) is 3.99. The molecular weight excluding hydrogens is 297 g/mol. The van der Waals surface area contributed by atoms with E-state index in [2.05, 4.69) is 5.32 Å². The molecule has 20 heavy (non-hydrogen) atoms. The van der Waals surface area contributed by atoms with Crippen LogP contribution in [0.3, 0.4) is 0 Å². The van der Waals surface area contributed by atoms with Gasteiger partial charge in [0.2, 0.25) is 5.82 Å². The first kappa shape index (κ1) is 14.8. The molecule has 1 nitrogen and oxygen atoms in total. The summed E-state index contributed by atoms with van der Waals surface area (Å²) >= 11 is 1.37. The van der Waals surface area contributed by atoms with E-state index in [1.165, 1.54) is 11.3 Å². The minimum Gasteiger partial charge on any atom is -0.373 e. The van der Waals surface area contributed by atoms with Crippen LogP contribution in [0.15, 0.2) is 12.1 Å². The first-order chi connectivity index (χ1) is 9.32. The zero-order valence-corrected chi connectivity index (χ0v) is 11.3. The van der Waals surface area contributed by atoms with Gasteiger partial charge >= 0.3 is 0 Å². The average molecular weight is 307 g/mol. The summed E-state index contributed by atoms with van der Waals surface area (Å²) in [6, 6.07) is 2.95. The lowest BCUT2D eigenvalue weighted by Crippen LogP contribution is -2.12. The number of nitrogens with one attached hydrogen (secondary N) is 1. The van der Waals surface area contributed by atoms with Gasteiger partial charge in [0, 0.05) is 9.75 Å². The number of hydrogen-bond acceptors (Lipinski definition) is 2. The summed E-state index contributed by atoms with van der Waals surface area (Å²) in [5.41, 5.74) is -1.01. The van der Waals surface area contributed by atoms with Gasteiger partial charge in [0.25, 0.3) is 0 Å². The molecule has 0 aliphatic carbocycles. The molecule has 1 heterocycles. The highest BCUT2D eigenvalue weighted by molar-refractivity contribution is 7.12. The second kappa shape index (κ2) is 5.40. The molecule has 0 aliphatic rings. The molecule has 0 aliphatic heterocycles. The molecule has 1 aromatic carbocycles. The molecule has 1 unspecified atom stereocenters. The summed E-state index contributed by atoms with van der Waals surface area (Å²) in [5.74, 6) is -9.80. The molecule has 2 aromatic rings. The van der Waals surface area contributed by atoms with Crippen LogP contribution in [0.5, 0.6) is 0 Å². The van der Waals surface area contributed by atoms with Crippen LogP contribution in [0.25, 0.3) is 0 Å². The van der Waals surface area contributed by atoms with Crippen molar-refractivity contribution in [1.82, 2.24) is 0 Å². The van der Waals surface area contributed by atoms with Gasteiger partial charge in [-0.2, -0.15) is 0 Å². The van der Waals surface area contributed by atoms with Crippen molar-refractivity contribution >= 4 is 17.0 Å². The third-order valence-corrected chi connectivity index (χ3v) is 3.94. The second-order valence-corrected chi connectivity index (χ2v) is 5.58. The molecule has 0 spiro atoms. The first-order valence-corrected chi connectivity index (χ1v) is 6.49. The molecular formula is C13H10F5NS. The fourth-order valence-corrected chi connectivity index (χ4v) is 2.59. The van der Waals surface area contributed by atoms with Crippen LogP contribution in [0.4, 0.5) is 27.6 Å². The molecule has 1 atom stereocenters. The second-order valence-electron chi connectivity index (χ2n) is 4.26. The topological polar surface area (TPSA) is 12.0 Å². The van der Waals surface area contributed by atoms with E-state index >= 15 is 0 Å². The summed E-state index contributed by atoms with van der Waals surface area (Å²) in [5, 5.41) is 2.33. The van der Waals surface area contributed by atoms with Crippen molar-refractivity contribution in [1.29, 1.82) is 0 Å². The highest BCUT2D eigenvalue weighted by atomic mass is 32.1.